The third kappa shape index (κ3) is 3.65. The van der Waals surface area contributed by atoms with Crippen molar-refractivity contribution >= 4 is 27.5 Å². The van der Waals surface area contributed by atoms with E-state index in [-0.39, 0.29) is 0 Å². The molecule has 0 spiro atoms. The Morgan fingerprint density at radius 1 is 1.44 bits per heavy atom. The largest absolute Gasteiger partial charge is 0.493 e. The lowest BCUT2D eigenvalue weighted by atomic mass is 10.0. The average molecular weight is 305 g/mol. The van der Waals surface area contributed by atoms with Crippen molar-refractivity contribution in [3.63, 3.8) is 0 Å². The molecule has 1 atom stereocenters. The van der Waals surface area contributed by atoms with E-state index in [9.17, 15) is 0 Å². The SMILES string of the molecule is Clc1cc(Br)cc(OC[C@@H]2CCCNC2)c1. The van der Waals surface area contributed by atoms with Crippen molar-refractivity contribution < 1.29 is 4.74 Å². The smallest absolute Gasteiger partial charge is 0.121 e. The molecule has 0 aromatic heterocycles. The molecule has 2 rings (SSSR count). The number of nitrogens with one attached hydrogen (secondary N) is 1. The van der Waals surface area contributed by atoms with Gasteiger partial charge in [0.05, 0.1) is 6.61 Å². The number of hydrogen-bond acceptors (Lipinski definition) is 2. The van der Waals surface area contributed by atoms with E-state index in [1.807, 2.05) is 18.2 Å². The molecular weight excluding hydrogens is 289 g/mol. The molecule has 1 saturated heterocycles. The van der Waals surface area contributed by atoms with Gasteiger partial charge in [0, 0.05) is 22.0 Å². The maximum absolute atomic E-state index is 5.95. The molecule has 0 bridgehead atoms. The Kier molecular flexibility index (Phi) is 4.50. The van der Waals surface area contributed by atoms with Crippen molar-refractivity contribution in [1.82, 2.24) is 5.32 Å². The molecule has 88 valence electrons. The van der Waals surface area contributed by atoms with Crippen LogP contribution in [0.3, 0.4) is 0 Å². The summed E-state index contributed by atoms with van der Waals surface area (Å²) < 4.78 is 6.71. The minimum Gasteiger partial charge on any atom is -0.493 e. The second-order valence-corrected chi connectivity index (χ2v) is 5.48. The summed E-state index contributed by atoms with van der Waals surface area (Å²) >= 11 is 9.35. The van der Waals surface area contributed by atoms with E-state index in [2.05, 4.69) is 21.2 Å². The molecule has 1 aromatic carbocycles. The maximum Gasteiger partial charge on any atom is 0.121 e. The number of hydrogen-bond donors (Lipinski definition) is 1. The van der Waals surface area contributed by atoms with Crippen molar-refractivity contribution in [3.05, 3.63) is 27.7 Å². The first-order chi connectivity index (χ1) is 7.74. The van der Waals surface area contributed by atoms with Gasteiger partial charge in [-0.2, -0.15) is 0 Å². The number of piperidine rings is 1. The van der Waals surface area contributed by atoms with Crippen LogP contribution in [-0.2, 0) is 0 Å². The number of halogens is 2. The summed E-state index contributed by atoms with van der Waals surface area (Å²) in [4.78, 5) is 0. The summed E-state index contributed by atoms with van der Waals surface area (Å²) in [5, 5.41) is 4.08. The van der Waals surface area contributed by atoms with Gasteiger partial charge in [-0.1, -0.05) is 27.5 Å². The third-order valence-electron chi connectivity index (χ3n) is 2.72. The van der Waals surface area contributed by atoms with Gasteiger partial charge < -0.3 is 10.1 Å². The molecule has 0 amide bonds. The molecule has 0 saturated carbocycles. The van der Waals surface area contributed by atoms with Crippen LogP contribution in [0, 0.1) is 5.92 Å². The fourth-order valence-electron chi connectivity index (χ4n) is 1.89. The maximum atomic E-state index is 5.95. The molecule has 1 aliphatic rings. The summed E-state index contributed by atoms with van der Waals surface area (Å²) in [7, 11) is 0. The Balaban J connectivity index is 1.88. The Labute approximate surface area is 109 Å². The van der Waals surface area contributed by atoms with Crippen molar-refractivity contribution in [2.45, 2.75) is 12.8 Å². The number of benzene rings is 1. The van der Waals surface area contributed by atoms with Crippen LogP contribution in [0.5, 0.6) is 5.75 Å². The van der Waals surface area contributed by atoms with Crippen LogP contribution in [0.2, 0.25) is 5.02 Å². The van der Waals surface area contributed by atoms with Crippen LogP contribution < -0.4 is 10.1 Å². The van der Waals surface area contributed by atoms with Gasteiger partial charge in [-0.05, 0) is 37.6 Å². The van der Waals surface area contributed by atoms with Gasteiger partial charge >= 0.3 is 0 Å². The van der Waals surface area contributed by atoms with Crippen molar-refractivity contribution in [2.75, 3.05) is 19.7 Å². The highest BCUT2D eigenvalue weighted by atomic mass is 79.9. The predicted molar refractivity (Wildman–Crippen MR) is 70.2 cm³/mol. The van der Waals surface area contributed by atoms with E-state index < -0.39 is 0 Å². The molecule has 1 aromatic rings. The highest BCUT2D eigenvalue weighted by molar-refractivity contribution is 9.10. The number of rotatable bonds is 3. The molecule has 4 heteroatoms. The van der Waals surface area contributed by atoms with Gasteiger partial charge in [-0.15, -0.1) is 0 Å². The van der Waals surface area contributed by atoms with E-state index in [0.29, 0.717) is 10.9 Å². The third-order valence-corrected chi connectivity index (χ3v) is 3.40. The molecule has 0 unspecified atom stereocenters. The van der Waals surface area contributed by atoms with E-state index in [0.717, 1.165) is 29.9 Å². The molecule has 0 aliphatic carbocycles. The summed E-state index contributed by atoms with van der Waals surface area (Å²) in [6.45, 7) is 2.96. The standard InChI is InChI=1S/C12H15BrClNO/c13-10-4-11(14)6-12(5-10)16-8-9-2-1-3-15-7-9/h4-6,9,15H,1-3,7-8H2/t9-/m1/s1. The molecule has 1 fully saturated rings. The van der Waals surface area contributed by atoms with Gasteiger partial charge in [0.25, 0.3) is 0 Å². The molecule has 0 radical (unpaired) electrons. The van der Waals surface area contributed by atoms with Gasteiger partial charge in [-0.3, -0.25) is 0 Å². The van der Waals surface area contributed by atoms with E-state index in [1.165, 1.54) is 12.8 Å². The van der Waals surface area contributed by atoms with Crippen LogP contribution in [0.25, 0.3) is 0 Å². The molecule has 2 nitrogen and oxygen atoms in total. The zero-order chi connectivity index (χ0) is 11.4. The molecule has 1 aliphatic heterocycles. The van der Waals surface area contributed by atoms with E-state index in [4.69, 9.17) is 16.3 Å². The lowest BCUT2D eigenvalue weighted by Gasteiger charge is -2.22. The fraction of sp³-hybridized carbons (Fsp3) is 0.500. The first-order valence-corrected chi connectivity index (χ1v) is 6.71. The second-order valence-electron chi connectivity index (χ2n) is 4.13. The van der Waals surface area contributed by atoms with Crippen molar-refractivity contribution in [2.24, 2.45) is 5.92 Å². The van der Waals surface area contributed by atoms with E-state index in [1.54, 1.807) is 0 Å². The van der Waals surface area contributed by atoms with Crippen molar-refractivity contribution in [3.8, 4) is 5.75 Å². The van der Waals surface area contributed by atoms with Crippen LogP contribution in [0.1, 0.15) is 12.8 Å². The predicted octanol–water partition coefficient (Wildman–Crippen LogP) is 3.48. The van der Waals surface area contributed by atoms with Gasteiger partial charge in [0.1, 0.15) is 5.75 Å². The normalized spacial score (nSPS) is 20.8. The molecular formula is C12H15BrClNO. The first-order valence-electron chi connectivity index (χ1n) is 5.53. The summed E-state index contributed by atoms with van der Waals surface area (Å²) in [6.07, 6.45) is 2.49. The second kappa shape index (κ2) is 5.89. The van der Waals surface area contributed by atoms with Gasteiger partial charge in [0.2, 0.25) is 0 Å². The van der Waals surface area contributed by atoms with Gasteiger partial charge in [0.15, 0.2) is 0 Å². The first kappa shape index (κ1) is 12.2. The lowest BCUT2D eigenvalue weighted by molar-refractivity contribution is 0.218. The van der Waals surface area contributed by atoms with Crippen LogP contribution >= 0.6 is 27.5 Å². The Hall–Kier alpha value is -0.250. The van der Waals surface area contributed by atoms with E-state index >= 15 is 0 Å². The quantitative estimate of drug-likeness (QED) is 0.923. The summed E-state index contributed by atoms with van der Waals surface area (Å²) in [5.74, 6) is 1.46. The van der Waals surface area contributed by atoms with Gasteiger partial charge in [-0.25, -0.2) is 0 Å². The Morgan fingerprint density at radius 3 is 3.00 bits per heavy atom. The minimum absolute atomic E-state index is 0.617. The summed E-state index contributed by atoms with van der Waals surface area (Å²) in [6, 6.07) is 5.65. The van der Waals surface area contributed by atoms with Crippen LogP contribution in [0.15, 0.2) is 22.7 Å². The number of ether oxygens (including phenoxy) is 1. The zero-order valence-corrected chi connectivity index (χ0v) is 11.4. The summed E-state index contributed by atoms with van der Waals surface area (Å²) in [5.41, 5.74) is 0. The van der Waals surface area contributed by atoms with Crippen molar-refractivity contribution in [1.29, 1.82) is 0 Å². The molecule has 1 heterocycles. The van der Waals surface area contributed by atoms with Crippen LogP contribution in [0.4, 0.5) is 0 Å². The monoisotopic (exact) mass is 303 g/mol. The van der Waals surface area contributed by atoms with Crippen LogP contribution in [-0.4, -0.2) is 19.7 Å². The highest BCUT2D eigenvalue weighted by Crippen LogP contribution is 2.25. The zero-order valence-electron chi connectivity index (χ0n) is 9.01. The minimum atomic E-state index is 0.617. The Morgan fingerprint density at radius 2 is 2.31 bits per heavy atom. The Bertz CT molecular complexity index is 333. The molecule has 16 heavy (non-hydrogen) atoms. The molecule has 1 N–H and O–H groups in total. The fourth-order valence-corrected chi connectivity index (χ4v) is 2.72. The average Bonchev–Trinajstić information content (AvgIpc) is 2.27. The topological polar surface area (TPSA) is 21.3 Å². The lowest BCUT2D eigenvalue weighted by Crippen LogP contribution is -2.33. The highest BCUT2D eigenvalue weighted by Gasteiger charge is 2.13.